The molecule has 0 saturated heterocycles. The van der Waals surface area contributed by atoms with Gasteiger partial charge in [0.2, 0.25) is 0 Å². The Kier molecular flexibility index (Phi) is 5.39. The van der Waals surface area contributed by atoms with Crippen LogP contribution in [-0.4, -0.2) is 23.0 Å². The van der Waals surface area contributed by atoms with Gasteiger partial charge in [0.25, 0.3) is 17.9 Å². The summed E-state index contributed by atoms with van der Waals surface area (Å²) < 4.78 is 44.9. The predicted octanol–water partition coefficient (Wildman–Crippen LogP) is 5.79. The number of H-pyrrole nitrogens is 2. The highest BCUT2D eigenvalue weighted by Gasteiger charge is 2.35. The minimum atomic E-state index is -4.65. The standard InChI is InChI=1S/C26H19F3N4O2/c1-14-3-6-17(32-25(34)16-5-8-23(35-2)21(10-16)26(27,28)29)11-18(14)15-4-7-22-19(9-15)20-12-30-13-31-24(20)33-22/h3-13H,1-2H3,(H,32,34)(H,30,31,33)/p+1. The molecule has 2 aromatic heterocycles. The molecular formula is C26H20F3N4O2+. The Labute approximate surface area is 197 Å². The van der Waals surface area contributed by atoms with Gasteiger partial charge in [-0.3, -0.25) is 4.79 Å². The molecule has 0 bridgehead atoms. The molecule has 6 nitrogen and oxygen atoms in total. The van der Waals surface area contributed by atoms with Crippen molar-refractivity contribution in [2.75, 3.05) is 12.4 Å². The molecule has 2 heterocycles. The van der Waals surface area contributed by atoms with E-state index in [2.05, 4.69) is 20.3 Å². The zero-order valence-corrected chi connectivity index (χ0v) is 18.7. The SMILES string of the molecule is COc1ccc(C(=O)Nc2ccc(C)c(-c3ccc4[nH]c5nc[nH+]cc5c4c3)c2)cc1C(F)(F)F. The van der Waals surface area contributed by atoms with E-state index in [0.29, 0.717) is 5.69 Å². The Balaban J connectivity index is 1.48. The maximum absolute atomic E-state index is 13.4. The van der Waals surface area contributed by atoms with E-state index in [9.17, 15) is 18.0 Å². The van der Waals surface area contributed by atoms with Crippen molar-refractivity contribution in [1.82, 2.24) is 9.97 Å². The van der Waals surface area contributed by atoms with Gasteiger partial charge in [0.05, 0.1) is 18.1 Å². The number of nitrogens with one attached hydrogen (secondary N) is 3. The summed E-state index contributed by atoms with van der Waals surface area (Å²) in [5.41, 5.74) is 3.85. The van der Waals surface area contributed by atoms with Crippen LogP contribution in [0.25, 0.3) is 33.1 Å². The third kappa shape index (κ3) is 4.16. The monoisotopic (exact) mass is 477 g/mol. The molecule has 3 aromatic carbocycles. The number of anilines is 1. The molecule has 5 aromatic rings. The molecule has 35 heavy (non-hydrogen) atoms. The van der Waals surface area contributed by atoms with Gasteiger partial charge in [-0.25, -0.2) is 4.98 Å². The van der Waals surface area contributed by atoms with Gasteiger partial charge in [0.1, 0.15) is 11.9 Å². The second-order valence-corrected chi connectivity index (χ2v) is 8.11. The van der Waals surface area contributed by atoms with Crippen molar-refractivity contribution >= 4 is 33.5 Å². The molecule has 0 aliphatic carbocycles. The summed E-state index contributed by atoms with van der Waals surface area (Å²) >= 11 is 0. The van der Waals surface area contributed by atoms with E-state index in [1.807, 2.05) is 43.5 Å². The average molecular weight is 477 g/mol. The lowest BCUT2D eigenvalue weighted by atomic mass is 9.98. The molecule has 0 atom stereocenters. The number of ether oxygens (including phenoxy) is 1. The summed E-state index contributed by atoms with van der Waals surface area (Å²) in [5, 5.41) is 4.65. The third-order valence-corrected chi connectivity index (χ3v) is 5.89. The second kappa shape index (κ2) is 8.43. The van der Waals surface area contributed by atoms with E-state index < -0.39 is 17.6 Å². The number of hydrogen-bond acceptors (Lipinski definition) is 3. The topological polar surface area (TPSA) is 81.1 Å². The van der Waals surface area contributed by atoms with Gasteiger partial charge in [0.15, 0.2) is 0 Å². The Hall–Kier alpha value is -4.40. The van der Waals surface area contributed by atoms with Gasteiger partial charge in [-0.2, -0.15) is 13.2 Å². The number of aryl methyl sites for hydroxylation is 1. The van der Waals surface area contributed by atoms with Crippen molar-refractivity contribution in [2.24, 2.45) is 0 Å². The van der Waals surface area contributed by atoms with Crippen LogP contribution in [0, 0.1) is 6.92 Å². The zero-order chi connectivity index (χ0) is 24.7. The normalized spacial score (nSPS) is 11.7. The number of aromatic amines is 2. The quantitative estimate of drug-likeness (QED) is 0.344. The van der Waals surface area contributed by atoms with E-state index >= 15 is 0 Å². The molecule has 1 amide bonds. The van der Waals surface area contributed by atoms with E-state index in [0.717, 1.165) is 57.9 Å². The summed E-state index contributed by atoms with van der Waals surface area (Å²) in [4.78, 5) is 23.4. The van der Waals surface area contributed by atoms with Gasteiger partial charge >= 0.3 is 6.18 Å². The van der Waals surface area contributed by atoms with Crippen LogP contribution in [0.15, 0.2) is 67.1 Å². The fourth-order valence-electron chi connectivity index (χ4n) is 4.12. The predicted molar refractivity (Wildman–Crippen MR) is 126 cm³/mol. The molecule has 5 rings (SSSR count). The first-order chi connectivity index (χ1) is 16.7. The summed E-state index contributed by atoms with van der Waals surface area (Å²) in [7, 11) is 1.15. The maximum Gasteiger partial charge on any atom is 0.419 e. The first-order valence-corrected chi connectivity index (χ1v) is 10.7. The number of benzene rings is 3. The summed E-state index contributed by atoms with van der Waals surface area (Å²) in [5.74, 6) is -0.992. The molecule has 0 aliphatic heterocycles. The van der Waals surface area contributed by atoms with Crippen molar-refractivity contribution in [1.29, 1.82) is 0 Å². The molecule has 0 fully saturated rings. The number of methoxy groups -OCH3 is 1. The number of carbonyl (C=O) groups is 1. The molecule has 9 heteroatoms. The fourth-order valence-corrected chi connectivity index (χ4v) is 4.12. The van der Waals surface area contributed by atoms with Crippen LogP contribution >= 0.6 is 0 Å². The Morgan fingerprint density at radius 1 is 1.06 bits per heavy atom. The van der Waals surface area contributed by atoms with Gasteiger partial charge in [-0.1, -0.05) is 12.1 Å². The highest BCUT2D eigenvalue weighted by molar-refractivity contribution is 6.07. The Morgan fingerprint density at radius 3 is 2.66 bits per heavy atom. The lowest BCUT2D eigenvalue weighted by molar-refractivity contribution is -0.380. The average Bonchev–Trinajstić information content (AvgIpc) is 3.22. The molecule has 0 unspecified atom stereocenters. The molecular weight excluding hydrogens is 457 g/mol. The molecule has 0 saturated carbocycles. The molecule has 0 radical (unpaired) electrons. The van der Waals surface area contributed by atoms with Crippen LogP contribution in [-0.2, 0) is 6.18 Å². The van der Waals surface area contributed by atoms with Crippen molar-refractivity contribution in [2.45, 2.75) is 13.1 Å². The number of amides is 1. The van der Waals surface area contributed by atoms with Crippen LogP contribution in [0.4, 0.5) is 18.9 Å². The van der Waals surface area contributed by atoms with Crippen molar-refractivity contribution in [3.63, 3.8) is 0 Å². The molecule has 176 valence electrons. The molecule has 0 aliphatic rings. The molecule has 3 N–H and O–H groups in total. The van der Waals surface area contributed by atoms with Crippen LogP contribution in [0.2, 0.25) is 0 Å². The fraction of sp³-hybridized carbons (Fsp3) is 0.115. The van der Waals surface area contributed by atoms with E-state index in [1.54, 1.807) is 12.4 Å². The summed E-state index contributed by atoms with van der Waals surface area (Å²) in [6.45, 7) is 1.95. The third-order valence-electron chi connectivity index (χ3n) is 5.89. The first-order valence-electron chi connectivity index (χ1n) is 10.7. The zero-order valence-electron chi connectivity index (χ0n) is 18.7. The lowest BCUT2D eigenvalue weighted by Crippen LogP contribution is -2.15. The van der Waals surface area contributed by atoms with Crippen molar-refractivity contribution < 1.29 is 27.7 Å². The number of hydrogen-bond donors (Lipinski definition) is 2. The maximum atomic E-state index is 13.4. The smallest absolute Gasteiger partial charge is 0.419 e. The van der Waals surface area contributed by atoms with Gasteiger partial charge < -0.3 is 15.0 Å². The van der Waals surface area contributed by atoms with Crippen molar-refractivity contribution in [3.8, 4) is 16.9 Å². The Bertz CT molecular complexity index is 1590. The number of aromatic nitrogens is 3. The van der Waals surface area contributed by atoms with Gasteiger partial charge in [-0.15, -0.1) is 0 Å². The minimum absolute atomic E-state index is 0.121. The van der Waals surface area contributed by atoms with Gasteiger partial charge in [-0.05, 0) is 71.1 Å². The number of nitrogens with zero attached hydrogens (tertiary/aromatic N) is 1. The minimum Gasteiger partial charge on any atom is -0.496 e. The number of halogens is 3. The number of rotatable bonds is 4. The van der Waals surface area contributed by atoms with Crippen LogP contribution in [0.1, 0.15) is 21.5 Å². The lowest BCUT2D eigenvalue weighted by Gasteiger charge is -2.14. The van der Waals surface area contributed by atoms with E-state index in [-0.39, 0.29) is 11.3 Å². The highest BCUT2D eigenvalue weighted by atomic mass is 19.4. The van der Waals surface area contributed by atoms with Crippen LogP contribution in [0.3, 0.4) is 0 Å². The number of fused-ring (bicyclic) bond motifs is 3. The van der Waals surface area contributed by atoms with E-state index in [1.165, 1.54) is 6.07 Å². The summed E-state index contributed by atoms with van der Waals surface area (Å²) in [6.07, 6.45) is -1.17. The number of alkyl halides is 3. The number of carbonyl (C=O) groups excluding carboxylic acids is 1. The molecule has 0 spiro atoms. The van der Waals surface area contributed by atoms with E-state index in [4.69, 9.17) is 4.74 Å². The van der Waals surface area contributed by atoms with Crippen LogP contribution < -0.4 is 15.0 Å². The highest BCUT2D eigenvalue weighted by Crippen LogP contribution is 2.37. The van der Waals surface area contributed by atoms with Crippen molar-refractivity contribution in [3.05, 3.63) is 83.8 Å². The largest absolute Gasteiger partial charge is 0.496 e. The second-order valence-electron chi connectivity index (χ2n) is 8.11. The van der Waals surface area contributed by atoms with Gasteiger partial charge in [0, 0.05) is 22.2 Å². The summed E-state index contributed by atoms with van der Waals surface area (Å²) in [6, 6.07) is 14.6. The van der Waals surface area contributed by atoms with Crippen LogP contribution in [0.5, 0.6) is 5.75 Å². The first kappa shape index (κ1) is 22.4. The Morgan fingerprint density at radius 2 is 1.89 bits per heavy atom.